The Bertz CT molecular complexity index is 301. The molecule has 1 aromatic heterocycles. The van der Waals surface area contributed by atoms with Crippen molar-refractivity contribution in [2.75, 3.05) is 5.88 Å². The van der Waals surface area contributed by atoms with Crippen LogP contribution in [0.2, 0.25) is 10.3 Å². The Kier molecular flexibility index (Phi) is 4.41. The summed E-state index contributed by atoms with van der Waals surface area (Å²) in [5, 5.41) is 19.2. The second-order valence-electron chi connectivity index (χ2n) is 2.71. The minimum Gasteiger partial charge on any atom is -0.389 e. The molecular formula is C8H8Cl3NO2. The van der Waals surface area contributed by atoms with E-state index in [9.17, 15) is 10.2 Å². The Morgan fingerprint density at radius 2 is 1.71 bits per heavy atom. The van der Waals surface area contributed by atoms with Crippen molar-refractivity contribution in [3.05, 3.63) is 28.0 Å². The van der Waals surface area contributed by atoms with Gasteiger partial charge in [0.25, 0.3) is 0 Å². The van der Waals surface area contributed by atoms with Gasteiger partial charge in [-0.2, -0.15) is 0 Å². The van der Waals surface area contributed by atoms with E-state index < -0.39 is 12.2 Å². The third-order valence-corrected chi connectivity index (χ3v) is 2.35. The standard InChI is InChI=1S/C8H8Cl3NO2/c9-3-5(13)8(14)4-1-6(10)12-7(11)2-4/h1-2,5,8,13-14H,3H2. The van der Waals surface area contributed by atoms with Gasteiger partial charge in [-0.25, -0.2) is 4.98 Å². The zero-order valence-electron chi connectivity index (χ0n) is 6.99. The van der Waals surface area contributed by atoms with E-state index in [0.29, 0.717) is 5.56 Å². The van der Waals surface area contributed by atoms with Crippen molar-refractivity contribution < 1.29 is 10.2 Å². The number of hydrogen-bond acceptors (Lipinski definition) is 3. The van der Waals surface area contributed by atoms with Gasteiger partial charge in [-0.1, -0.05) is 23.2 Å². The smallest absolute Gasteiger partial charge is 0.131 e. The van der Waals surface area contributed by atoms with Crippen LogP contribution < -0.4 is 0 Å². The normalized spacial score (nSPS) is 15.2. The zero-order valence-corrected chi connectivity index (χ0v) is 9.26. The molecule has 0 bridgehead atoms. The Hall–Kier alpha value is -0.0600. The van der Waals surface area contributed by atoms with Gasteiger partial charge in [-0.05, 0) is 17.7 Å². The maximum Gasteiger partial charge on any atom is 0.131 e. The van der Waals surface area contributed by atoms with E-state index in [0.717, 1.165) is 0 Å². The van der Waals surface area contributed by atoms with E-state index in [4.69, 9.17) is 34.8 Å². The summed E-state index contributed by atoms with van der Waals surface area (Å²) in [6.45, 7) is 0. The predicted octanol–water partition coefficient (Wildman–Crippen LogP) is 2.02. The summed E-state index contributed by atoms with van der Waals surface area (Å²) >= 11 is 16.6. The molecule has 0 saturated heterocycles. The fourth-order valence-electron chi connectivity index (χ4n) is 0.961. The summed E-state index contributed by atoms with van der Waals surface area (Å²) in [5.74, 6) is -0.0707. The third kappa shape index (κ3) is 2.97. The molecule has 1 rings (SSSR count). The third-order valence-electron chi connectivity index (χ3n) is 1.65. The lowest BCUT2D eigenvalue weighted by Crippen LogP contribution is -2.19. The molecule has 78 valence electrons. The molecule has 2 N–H and O–H groups in total. The average Bonchev–Trinajstić information content (AvgIpc) is 2.14. The van der Waals surface area contributed by atoms with Gasteiger partial charge in [-0.3, -0.25) is 0 Å². The van der Waals surface area contributed by atoms with Crippen molar-refractivity contribution in [1.82, 2.24) is 4.98 Å². The predicted molar refractivity (Wildman–Crippen MR) is 55.9 cm³/mol. The van der Waals surface area contributed by atoms with Gasteiger partial charge < -0.3 is 10.2 Å². The number of alkyl halides is 1. The maximum absolute atomic E-state index is 9.56. The summed E-state index contributed by atoms with van der Waals surface area (Å²) in [7, 11) is 0. The van der Waals surface area contributed by atoms with Crippen molar-refractivity contribution >= 4 is 34.8 Å². The van der Waals surface area contributed by atoms with Crippen LogP contribution in [-0.4, -0.2) is 27.2 Å². The fraction of sp³-hybridized carbons (Fsp3) is 0.375. The maximum atomic E-state index is 9.56. The lowest BCUT2D eigenvalue weighted by Gasteiger charge is -2.15. The lowest BCUT2D eigenvalue weighted by molar-refractivity contribution is 0.0327. The molecule has 0 saturated carbocycles. The molecule has 0 amide bonds. The highest BCUT2D eigenvalue weighted by molar-refractivity contribution is 6.32. The Morgan fingerprint density at radius 3 is 2.14 bits per heavy atom. The van der Waals surface area contributed by atoms with Gasteiger partial charge in [0.05, 0.1) is 12.0 Å². The van der Waals surface area contributed by atoms with Crippen molar-refractivity contribution in [3.63, 3.8) is 0 Å². The highest BCUT2D eigenvalue weighted by atomic mass is 35.5. The molecule has 0 aliphatic heterocycles. The minimum absolute atomic E-state index is 0.0707. The summed E-state index contributed by atoms with van der Waals surface area (Å²) in [5.41, 5.74) is 0.392. The molecule has 0 aliphatic carbocycles. The summed E-state index contributed by atoms with van der Waals surface area (Å²) in [6.07, 6.45) is -2.16. The molecule has 6 heteroatoms. The van der Waals surface area contributed by atoms with Crippen LogP contribution in [0.25, 0.3) is 0 Å². The van der Waals surface area contributed by atoms with E-state index in [2.05, 4.69) is 4.98 Å². The first kappa shape index (κ1) is 12.0. The lowest BCUT2D eigenvalue weighted by atomic mass is 10.1. The van der Waals surface area contributed by atoms with Crippen LogP contribution >= 0.6 is 34.8 Å². The topological polar surface area (TPSA) is 53.4 Å². The van der Waals surface area contributed by atoms with Crippen molar-refractivity contribution in [3.8, 4) is 0 Å². The van der Waals surface area contributed by atoms with Gasteiger partial charge in [0, 0.05) is 0 Å². The molecule has 0 spiro atoms. The number of aromatic nitrogens is 1. The van der Waals surface area contributed by atoms with E-state index in [1.807, 2.05) is 0 Å². The van der Waals surface area contributed by atoms with Gasteiger partial charge in [0.1, 0.15) is 16.4 Å². The van der Waals surface area contributed by atoms with Gasteiger partial charge in [-0.15, -0.1) is 11.6 Å². The molecule has 1 aromatic rings. The van der Waals surface area contributed by atoms with E-state index in [1.54, 1.807) is 0 Å². The molecule has 0 fully saturated rings. The van der Waals surface area contributed by atoms with Crippen LogP contribution in [0.3, 0.4) is 0 Å². The second-order valence-corrected chi connectivity index (χ2v) is 3.80. The molecule has 0 aromatic carbocycles. The van der Waals surface area contributed by atoms with Crippen molar-refractivity contribution in [2.24, 2.45) is 0 Å². The SMILES string of the molecule is OC(CCl)C(O)c1cc(Cl)nc(Cl)c1. The van der Waals surface area contributed by atoms with Gasteiger partial charge >= 0.3 is 0 Å². The number of hydrogen-bond donors (Lipinski definition) is 2. The van der Waals surface area contributed by atoms with E-state index in [-0.39, 0.29) is 16.2 Å². The zero-order chi connectivity index (χ0) is 10.7. The molecular weight excluding hydrogens is 248 g/mol. The first-order valence-corrected chi connectivity index (χ1v) is 5.08. The number of aliphatic hydroxyl groups excluding tert-OH is 2. The monoisotopic (exact) mass is 255 g/mol. The van der Waals surface area contributed by atoms with Crippen LogP contribution in [0.5, 0.6) is 0 Å². The summed E-state index contributed by atoms with van der Waals surface area (Å²) in [6, 6.07) is 2.85. The number of aliphatic hydroxyl groups is 2. The van der Waals surface area contributed by atoms with Crippen LogP contribution in [-0.2, 0) is 0 Å². The molecule has 2 atom stereocenters. The van der Waals surface area contributed by atoms with Crippen LogP contribution in [0.4, 0.5) is 0 Å². The summed E-state index contributed by atoms with van der Waals surface area (Å²) in [4.78, 5) is 3.71. The molecule has 0 aliphatic rings. The van der Waals surface area contributed by atoms with E-state index in [1.165, 1.54) is 12.1 Å². The van der Waals surface area contributed by atoms with E-state index >= 15 is 0 Å². The second kappa shape index (κ2) is 5.14. The Morgan fingerprint density at radius 1 is 1.21 bits per heavy atom. The Labute approximate surface area is 96.2 Å². The Balaban J connectivity index is 2.94. The number of pyridine rings is 1. The highest BCUT2D eigenvalue weighted by Crippen LogP contribution is 2.23. The summed E-state index contributed by atoms with van der Waals surface area (Å²) < 4.78 is 0. The first-order chi connectivity index (χ1) is 6.54. The van der Waals surface area contributed by atoms with Gasteiger partial charge in [0.2, 0.25) is 0 Å². The average molecular weight is 257 g/mol. The number of halogens is 3. The van der Waals surface area contributed by atoms with Crippen LogP contribution in [0, 0.1) is 0 Å². The van der Waals surface area contributed by atoms with Crippen LogP contribution in [0.15, 0.2) is 12.1 Å². The van der Waals surface area contributed by atoms with Crippen LogP contribution in [0.1, 0.15) is 11.7 Å². The largest absolute Gasteiger partial charge is 0.389 e. The molecule has 3 nitrogen and oxygen atoms in total. The van der Waals surface area contributed by atoms with Gasteiger partial charge in [0.15, 0.2) is 0 Å². The van der Waals surface area contributed by atoms with Crippen molar-refractivity contribution in [1.29, 1.82) is 0 Å². The fourth-order valence-corrected chi connectivity index (χ4v) is 1.61. The molecule has 1 heterocycles. The molecule has 14 heavy (non-hydrogen) atoms. The first-order valence-electron chi connectivity index (χ1n) is 3.79. The number of nitrogens with zero attached hydrogens (tertiary/aromatic N) is 1. The number of rotatable bonds is 3. The molecule has 2 unspecified atom stereocenters. The minimum atomic E-state index is -1.11. The van der Waals surface area contributed by atoms with Crippen molar-refractivity contribution in [2.45, 2.75) is 12.2 Å². The highest BCUT2D eigenvalue weighted by Gasteiger charge is 2.18. The molecule has 0 radical (unpaired) electrons. The quantitative estimate of drug-likeness (QED) is 0.643.